The van der Waals surface area contributed by atoms with E-state index in [0.717, 1.165) is 0 Å². The number of hydrogen-bond donors (Lipinski definition) is 2. The van der Waals surface area contributed by atoms with Crippen molar-refractivity contribution >= 4 is 52.6 Å². The zero-order chi connectivity index (χ0) is 21.5. The van der Waals surface area contributed by atoms with E-state index in [1.807, 2.05) is 20.8 Å². The summed E-state index contributed by atoms with van der Waals surface area (Å²) in [7, 11) is 0. The van der Waals surface area contributed by atoms with Crippen LogP contribution in [0.2, 0.25) is 0 Å². The zero-order valence-corrected chi connectivity index (χ0v) is 18.8. The van der Waals surface area contributed by atoms with Crippen molar-refractivity contribution < 1.29 is 23.9 Å². The molecule has 2 unspecified atom stereocenters. The second-order valence-electron chi connectivity index (χ2n) is 7.54. The number of hydrazine groups is 1. The topological polar surface area (TPSA) is 97.0 Å². The third-order valence-electron chi connectivity index (χ3n) is 3.73. The number of amides is 2. The van der Waals surface area contributed by atoms with Gasteiger partial charge in [0.1, 0.15) is 18.7 Å². The highest BCUT2D eigenvalue weighted by atomic mass is 35.6. The van der Waals surface area contributed by atoms with Crippen molar-refractivity contribution in [3.8, 4) is 0 Å². The molecule has 1 rings (SSSR count). The molecule has 0 spiro atoms. The third-order valence-corrected chi connectivity index (χ3v) is 4.06. The Morgan fingerprint density at radius 1 is 1.25 bits per heavy atom. The van der Waals surface area contributed by atoms with Gasteiger partial charge in [-0.25, -0.2) is 5.43 Å². The summed E-state index contributed by atoms with van der Waals surface area (Å²) in [4.78, 5) is 36.5. The standard InChI is InChI=1S/C17H28Cl3N3O5/c1-11(24)21-12(7-9-28-16(2,3)4)14(25)23-8-5-6-13(22-23)15(26)27-10-17(18,19)20/h12-13,22H,5-10H2,1-4H3,(H,21,24). The maximum absolute atomic E-state index is 12.9. The van der Waals surface area contributed by atoms with Crippen LogP contribution in [0.15, 0.2) is 0 Å². The van der Waals surface area contributed by atoms with Gasteiger partial charge in [0, 0.05) is 26.5 Å². The molecule has 2 amide bonds. The van der Waals surface area contributed by atoms with Crippen molar-refractivity contribution in [3.63, 3.8) is 0 Å². The highest BCUT2D eigenvalue weighted by Crippen LogP contribution is 2.26. The minimum Gasteiger partial charge on any atom is -0.460 e. The summed E-state index contributed by atoms with van der Waals surface area (Å²) in [5.41, 5.74) is 2.48. The Morgan fingerprint density at radius 2 is 1.89 bits per heavy atom. The van der Waals surface area contributed by atoms with E-state index in [1.165, 1.54) is 11.9 Å². The molecule has 1 saturated heterocycles. The van der Waals surface area contributed by atoms with E-state index in [0.29, 0.717) is 32.4 Å². The Balaban J connectivity index is 2.68. The van der Waals surface area contributed by atoms with Gasteiger partial charge >= 0.3 is 5.97 Å². The fourth-order valence-electron chi connectivity index (χ4n) is 2.54. The third kappa shape index (κ3) is 10.1. The van der Waals surface area contributed by atoms with Gasteiger partial charge in [-0.2, -0.15) is 0 Å². The van der Waals surface area contributed by atoms with Gasteiger partial charge in [-0.05, 0) is 33.6 Å². The lowest BCUT2D eigenvalue weighted by Gasteiger charge is -2.35. The lowest BCUT2D eigenvalue weighted by atomic mass is 10.1. The molecule has 0 aromatic carbocycles. The Morgan fingerprint density at radius 3 is 2.43 bits per heavy atom. The smallest absolute Gasteiger partial charge is 0.325 e. The Kier molecular flexibility index (Phi) is 9.76. The first-order chi connectivity index (χ1) is 12.8. The van der Waals surface area contributed by atoms with Crippen LogP contribution in [-0.2, 0) is 23.9 Å². The van der Waals surface area contributed by atoms with Crippen LogP contribution in [0.3, 0.4) is 0 Å². The number of halogens is 3. The summed E-state index contributed by atoms with van der Waals surface area (Å²) in [6, 6.07) is -1.52. The molecule has 1 aliphatic heterocycles. The summed E-state index contributed by atoms with van der Waals surface area (Å²) in [5.74, 6) is -1.30. The summed E-state index contributed by atoms with van der Waals surface area (Å²) in [6.07, 6.45) is 1.36. The molecule has 2 N–H and O–H groups in total. The fourth-order valence-corrected chi connectivity index (χ4v) is 2.71. The molecule has 1 aliphatic rings. The molecule has 11 heteroatoms. The highest BCUT2D eigenvalue weighted by Gasteiger charge is 2.34. The highest BCUT2D eigenvalue weighted by molar-refractivity contribution is 6.67. The van der Waals surface area contributed by atoms with E-state index in [9.17, 15) is 14.4 Å². The van der Waals surface area contributed by atoms with Crippen molar-refractivity contribution in [3.05, 3.63) is 0 Å². The molecule has 2 atom stereocenters. The van der Waals surface area contributed by atoms with E-state index < -0.39 is 21.8 Å². The van der Waals surface area contributed by atoms with E-state index in [2.05, 4.69) is 10.7 Å². The normalized spacial score (nSPS) is 19.1. The first kappa shape index (κ1) is 25.2. The molecule has 28 heavy (non-hydrogen) atoms. The van der Waals surface area contributed by atoms with Crippen molar-refractivity contribution in [2.75, 3.05) is 19.8 Å². The number of nitrogens with zero attached hydrogens (tertiary/aromatic N) is 1. The number of ether oxygens (including phenoxy) is 2. The molecule has 0 aromatic heterocycles. The number of alkyl halides is 3. The number of nitrogens with one attached hydrogen (secondary N) is 2. The van der Waals surface area contributed by atoms with E-state index in [1.54, 1.807) is 0 Å². The number of hydrogen-bond acceptors (Lipinski definition) is 6. The molecule has 0 saturated carbocycles. The van der Waals surface area contributed by atoms with Crippen LogP contribution in [0.4, 0.5) is 0 Å². The summed E-state index contributed by atoms with van der Waals surface area (Å²) in [6.45, 7) is 7.35. The minimum atomic E-state index is -1.70. The van der Waals surface area contributed by atoms with Crippen LogP contribution in [0, 0.1) is 0 Å². The van der Waals surface area contributed by atoms with E-state index in [-0.39, 0.29) is 24.0 Å². The van der Waals surface area contributed by atoms with Gasteiger partial charge in [-0.15, -0.1) is 0 Å². The molecule has 0 bridgehead atoms. The van der Waals surface area contributed by atoms with Gasteiger partial charge in [0.25, 0.3) is 5.91 Å². The van der Waals surface area contributed by atoms with Gasteiger partial charge in [0.2, 0.25) is 9.70 Å². The molecule has 1 fully saturated rings. The quantitative estimate of drug-likeness (QED) is 0.446. The number of esters is 1. The van der Waals surface area contributed by atoms with Gasteiger partial charge in [-0.1, -0.05) is 34.8 Å². The second-order valence-corrected chi connectivity index (χ2v) is 10.1. The monoisotopic (exact) mass is 459 g/mol. The molecule has 0 aliphatic carbocycles. The van der Waals surface area contributed by atoms with Crippen LogP contribution in [-0.4, -0.2) is 64.0 Å². The predicted molar refractivity (Wildman–Crippen MR) is 107 cm³/mol. The lowest BCUT2D eigenvalue weighted by Crippen LogP contribution is -2.60. The number of carbonyl (C=O) groups excluding carboxylic acids is 3. The van der Waals surface area contributed by atoms with Gasteiger partial charge < -0.3 is 14.8 Å². The summed E-state index contributed by atoms with van der Waals surface area (Å²) < 4.78 is 8.92. The van der Waals surface area contributed by atoms with Crippen molar-refractivity contribution in [1.82, 2.24) is 15.8 Å². The van der Waals surface area contributed by atoms with Crippen LogP contribution >= 0.6 is 34.8 Å². The van der Waals surface area contributed by atoms with E-state index in [4.69, 9.17) is 44.3 Å². The number of carbonyl (C=O) groups is 3. The molecule has 0 radical (unpaired) electrons. The van der Waals surface area contributed by atoms with Crippen LogP contribution < -0.4 is 10.7 Å². The Hall–Kier alpha value is -0.800. The molecular weight excluding hydrogens is 433 g/mol. The molecule has 162 valence electrons. The van der Waals surface area contributed by atoms with E-state index >= 15 is 0 Å². The van der Waals surface area contributed by atoms with Crippen molar-refractivity contribution in [2.45, 2.75) is 68.4 Å². The van der Waals surface area contributed by atoms with Gasteiger partial charge in [0.05, 0.1) is 5.60 Å². The SMILES string of the molecule is CC(=O)NC(CCOC(C)(C)C)C(=O)N1CCCC(C(=O)OCC(Cl)(Cl)Cl)N1. The average Bonchev–Trinajstić information content (AvgIpc) is 2.56. The van der Waals surface area contributed by atoms with Gasteiger partial charge in [-0.3, -0.25) is 19.4 Å². The fraction of sp³-hybridized carbons (Fsp3) is 0.824. The molecule has 0 aromatic rings. The molecule has 8 nitrogen and oxygen atoms in total. The maximum atomic E-state index is 12.9. The van der Waals surface area contributed by atoms with Crippen LogP contribution in [0.1, 0.15) is 47.0 Å². The van der Waals surface area contributed by atoms with Crippen LogP contribution in [0.25, 0.3) is 0 Å². The summed E-state index contributed by atoms with van der Waals surface area (Å²) >= 11 is 16.7. The zero-order valence-electron chi connectivity index (χ0n) is 16.5. The first-order valence-electron chi connectivity index (χ1n) is 9.00. The summed E-state index contributed by atoms with van der Waals surface area (Å²) in [5, 5.41) is 3.96. The maximum Gasteiger partial charge on any atom is 0.325 e. The Labute approximate surface area is 180 Å². The largest absolute Gasteiger partial charge is 0.460 e. The molecular formula is C17H28Cl3N3O5. The average molecular weight is 461 g/mol. The lowest BCUT2D eigenvalue weighted by molar-refractivity contribution is -0.153. The molecule has 1 heterocycles. The predicted octanol–water partition coefficient (Wildman–Crippen LogP) is 2.11. The minimum absolute atomic E-state index is 0.294. The number of rotatable bonds is 7. The van der Waals surface area contributed by atoms with Crippen molar-refractivity contribution in [1.29, 1.82) is 0 Å². The second kappa shape index (κ2) is 10.8. The van der Waals surface area contributed by atoms with Crippen molar-refractivity contribution in [2.24, 2.45) is 0 Å². The van der Waals surface area contributed by atoms with Gasteiger partial charge in [0.15, 0.2) is 0 Å². The first-order valence-corrected chi connectivity index (χ1v) is 10.1. The van der Waals surface area contributed by atoms with Crippen LogP contribution in [0.5, 0.6) is 0 Å². The Bertz CT molecular complexity index is 563.